The molecule has 4 heteroatoms. The van der Waals surface area contributed by atoms with Gasteiger partial charge in [-0.15, -0.1) is 0 Å². The largest absolute Gasteiger partial charge is 0.326 e. The van der Waals surface area contributed by atoms with Crippen LogP contribution in [0.3, 0.4) is 0 Å². The van der Waals surface area contributed by atoms with Crippen LogP contribution in [0.4, 0.5) is 5.69 Å². The summed E-state index contributed by atoms with van der Waals surface area (Å²) in [5.74, 6) is 0.0503. The van der Waals surface area contributed by atoms with E-state index in [0.717, 1.165) is 38.4 Å². The van der Waals surface area contributed by atoms with Gasteiger partial charge in [-0.05, 0) is 24.7 Å². The summed E-state index contributed by atoms with van der Waals surface area (Å²) in [7, 11) is 2.17. The summed E-state index contributed by atoms with van der Waals surface area (Å²) in [6, 6.07) is 8.21. The Balaban J connectivity index is 1.89. The maximum Gasteiger partial charge on any atom is 0.229 e. The quantitative estimate of drug-likeness (QED) is 0.928. The fraction of sp³-hybridized carbons (Fsp3) is 0.588. The van der Waals surface area contributed by atoms with Crippen molar-refractivity contribution in [1.82, 2.24) is 9.80 Å². The number of rotatable bonds is 3. The van der Waals surface area contributed by atoms with Crippen molar-refractivity contribution in [3.8, 4) is 0 Å². The molecule has 4 nitrogen and oxygen atoms in total. The minimum Gasteiger partial charge on any atom is -0.326 e. The van der Waals surface area contributed by atoms with E-state index in [1.165, 1.54) is 5.56 Å². The number of hydrogen-bond donors (Lipinski definition) is 1. The number of carbonyl (C=O) groups excluding carboxylic acids is 1. The van der Waals surface area contributed by atoms with Gasteiger partial charge in [0.1, 0.15) is 0 Å². The minimum absolute atomic E-state index is 0.0503. The van der Waals surface area contributed by atoms with Crippen LogP contribution in [0.25, 0.3) is 0 Å². The normalized spacial score (nSPS) is 17.7. The van der Waals surface area contributed by atoms with Crippen LogP contribution in [0.2, 0.25) is 0 Å². The number of likely N-dealkylation sites (N-methyl/N-ethyl adjacent to an activating group) is 1. The topological polar surface area (TPSA) is 35.6 Å². The summed E-state index contributed by atoms with van der Waals surface area (Å²) < 4.78 is 0. The molecule has 21 heavy (non-hydrogen) atoms. The van der Waals surface area contributed by atoms with Crippen LogP contribution < -0.4 is 5.32 Å². The highest BCUT2D eigenvalue weighted by Gasteiger charge is 2.21. The van der Waals surface area contributed by atoms with Crippen molar-refractivity contribution in [2.75, 3.05) is 38.5 Å². The van der Waals surface area contributed by atoms with E-state index in [2.05, 4.69) is 34.3 Å². The Morgan fingerprint density at radius 2 is 1.67 bits per heavy atom. The molecule has 1 fully saturated rings. The van der Waals surface area contributed by atoms with Gasteiger partial charge in [0.25, 0.3) is 0 Å². The smallest absolute Gasteiger partial charge is 0.229 e. The van der Waals surface area contributed by atoms with E-state index in [-0.39, 0.29) is 11.3 Å². The number of carbonyl (C=O) groups is 1. The summed E-state index contributed by atoms with van der Waals surface area (Å²) in [6.45, 7) is 11.3. The molecule has 1 aromatic rings. The zero-order valence-electron chi connectivity index (χ0n) is 13.6. The third kappa shape index (κ3) is 4.83. The molecule has 0 aromatic heterocycles. The second-order valence-electron chi connectivity index (χ2n) is 6.98. The lowest BCUT2D eigenvalue weighted by atomic mass is 9.95. The van der Waals surface area contributed by atoms with E-state index in [1.807, 2.05) is 32.9 Å². The van der Waals surface area contributed by atoms with Crippen LogP contribution in [-0.4, -0.2) is 48.9 Å². The van der Waals surface area contributed by atoms with Gasteiger partial charge in [0, 0.05) is 43.8 Å². The number of hydrogen-bond acceptors (Lipinski definition) is 3. The SMILES string of the molecule is CN1CCN(Cc2ccc(NC(=O)C(C)(C)C)cc2)CC1. The van der Waals surface area contributed by atoms with Gasteiger partial charge in [-0.1, -0.05) is 32.9 Å². The van der Waals surface area contributed by atoms with Crippen LogP contribution in [0, 0.1) is 5.41 Å². The van der Waals surface area contributed by atoms with E-state index in [4.69, 9.17) is 0 Å². The van der Waals surface area contributed by atoms with E-state index in [9.17, 15) is 4.79 Å². The van der Waals surface area contributed by atoms with Gasteiger partial charge >= 0.3 is 0 Å². The first-order chi connectivity index (χ1) is 9.84. The molecule has 1 saturated heterocycles. The summed E-state index contributed by atoms with van der Waals surface area (Å²) in [5, 5.41) is 2.96. The van der Waals surface area contributed by atoms with E-state index in [1.54, 1.807) is 0 Å². The predicted molar refractivity (Wildman–Crippen MR) is 87.3 cm³/mol. The molecule has 0 radical (unpaired) electrons. The first kappa shape index (κ1) is 16.0. The molecule has 0 atom stereocenters. The van der Waals surface area contributed by atoms with Gasteiger partial charge in [0.2, 0.25) is 5.91 Å². The maximum absolute atomic E-state index is 11.9. The predicted octanol–water partition coefficient (Wildman–Crippen LogP) is 2.42. The molecular weight excluding hydrogens is 262 g/mol. The van der Waals surface area contributed by atoms with Crippen molar-refractivity contribution in [1.29, 1.82) is 0 Å². The van der Waals surface area contributed by atoms with Gasteiger partial charge < -0.3 is 10.2 Å². The van der Waals surface area contributed by atoms with Gasteiger partial charge in [-0.2, -0.15) is 0 Å². The van der Waals surface area contributed by atoms with Gasteiger partial charge in [0.05, 0.1) is 0 Å². The Kier molecular flexibility index (Phi) is 5.01. The molecule has 1 amide bonds. The Morgan fingerprint density at radius 1 is 1.10 bits per heavy atom. The highest BCUT2D eigenvalue weighted by molar-refractivity contribution is 5.94. The van der Waals surface area contributed by atoms with Crippen molar-refractivity contribution < 1.29 is 4.79 Å². The molecule has 1 heterocycles. The van der Waals surface area contributed by atoms with Crippen LogP contribution in [0.15, 0.2) is 24.3 Å². The molecule has 0 aliphatic carbocycles. The highest BCUT2D eigenvalue weighted by Crippen LogP contribution is 2.18. The molecular formula is C17H27N3O. The van der Waals surface area contributed by atoms with Gasteiger partial charge in [0.15, 0.2) is 0 Å². The maximum atomic E-state index is 11.9. The van der Waals surface area contributed by atoms with Crippen molar-refractivity contribution >= 4 is 11.6 Å². The zero-order valence-corrected chi connectivity index (χ0v) is 13.6. The molecule has 0 spiro atoms. The highest BCUT2D eigenvalue weighted by atomic mass is 16.2. The average molecular weight is 289 g/mol. The first-order valence-corrected chi connectivity index (χ1v) is 7.66. The lowest BCUT2D eigenvalue weighted by Crippen LogP contribution is -2.43. The zero-order chi connectivity index (χ0) is 15.5. The Labute approximate surface area is 128 Å². The molecule has 1 aromatic carbocycles. The number of anilines is 1. The Hall–Kier alpha value is -1.39. The molecule has 0 saturated carbocycles. The number of piperazine rings is 1. The second kappa shape index (κ2) is 6.58. The summed E-state index contributed by atoms with van der Waals surface area (Å²) >= 11 is 0. The third-order valence-corrected chi connectivity index (χ3v) is 3.90. The van der Waals surface area contributed by atoms with Crippen molar-refractivity contribution in [2.24, 2.45) is 5.41 Å². The van der Waals surface area contributed by atoms with Crippen molar-refractivity contribution in [3.05, 3.63) is 29.8 Å². The molecule has 1 aliphatic heterocycles. The van der Waals surface area contributed by atoms with Gasteiger partial charge in [-0.25, -0.2) is 0 Å². The van der Waals surface area contributed by atoms with Crippen LogP contribution in [0.5, 0.6) is 0 Å². The summed E-state index contributed by atoms with van der Waals surface area (Å²) in [4.78, 5) is 16.8. The molecule has 1 aliphatic rings. The fourth-order valence-corrected chi connectivity index (χ4v) is 2.28. The average Bonchev–Trinajstić information content (AvgIpc) is 2.42. The molecule has 1 N–H and O–H groups in total. The monoisotopic (exact) mass is 289 g/mol. The second-order valence-corrected chi connectivity index (χ2v) is 6.98. The lowest BCUT2D eigenvalue weighted by Gasteiger charge is -2.32. The van der Waals surface area contributed by atoms with Crippen LogP contribution in [0.1, 0.15) is 26.3 Å². The standard InChI is InChI=1S/C17H27N3O/c1-17(2,3)16(21)18-15-7-5-14(6-8-15)13-20-11-9-19(4)10-12-20/h5-8H,9-13H2,1-4H3,(H,18,21). The molecule has 0 unspecified atom stereocenters. The Bertz CT molecular complexity index is 468. The van der Waals surface area contributed by atoms with Crippen LogP contribution in [-0.2, 0) is 11.3 Å². The lowest BCUT2D eigenvalue weighted by molar-refractivity contribution is -0.123. The number of amides is 1. The fourth-order valence-electron chi connectivity index (χ4n) is 2.28. The number of nitrogens with one attached hydrogen (secondary N) is 1. The minimum atomic E-state index is -0.363. The molecule has 116 valence electrons. The van der Waals surface area contributed by atoms with Crippen LogP contribution >= 0.6 is 0 Å². The van der Waals surface area contributed by atoms with E-state index in [0.29, 0.717) is 0 Å². The molecule has 0 bridgehead atoms. The third-order valence-electron chi connectivity index (χ3n) is 3.90. The first-order valence-electron chi connectivity index (χ1n) is 7.66. The summed E-state index contributed by atoms with van der Waals surface area (Å²) in [5.41, 5.74) is 1.81. The number of nitrogens with zero attached hydrogens (tertiary/aromatic N) is 2. The van der Waals surface area contributed by atoms with Gasteiger partial charge in [-0.3, -0.25) is 9.69 Å². The van der Waals surface area contributed by atoms with Crippen molar-refractivity contribution in [3.63, 3.8) is 0 Å². The van der Waals surface area contributed by atoms with Crippen molar-refractivity contribution in [2.45, 2.75) is 27.3 Å². The molecule has 2 rings (SSSR count). The van der Waals surface area contributed by atoms with E-state index < -0.39 is 0 Å². The Morgan fingerprint density at radius 3 is 2.19 bits per heavy atom. The van der Waals surface area contributed by atoms with E-state index >= 15 is 0 Å². The number of benzene rings is 1. The summed E-state index contributed by atoms with van der Waals surface area (Å²) in [6.07, 6.45) is 0.